The van der Waals surface area contributed by atoms with Gasteiger partial charge in [0.15, 0.2) is 0 Å². The van der Waals surface area contributed by atoms with Crippen LogP contribution in [0.2, 0.25) is 0 Å². The fourth-order valence-corrected chi connectivity index (χ4v) is 2.90. The molecular formula is C16H15BrN4O3. The molecule has 2 aromatic heterocycles. The first kappa shape index (κ1) is 16.3. The number of hydrogen-bond acceptors (Lipinski definition) is 3. The molecule has 1 amide bonds. The summed E-state index contributed by atoms with van der Waals surface area (Å²) in [6.07, 6.45) is 5.04. The first-order chi connectivity index (χ1) is 11.5. The van der Waals surface area contributed by atoms with Crippen molar-refractivity contribution < 1.29 is 14.7 Å². The molecule has 4 N–H and O–H groups in total. The van der Waals surface area contributed by atoms with Gasteiger partial charge in [0.1, 0.15) is 6.04 Å². The van der Waals surface area contributed by atoms with Gasteiger partial charge in [-0.05, 0) is 17.7 Å². The summed E-state index contributed by atoms with van der Waals surface area (Å²) in [4.78, 5) is 33.4. The number of amides is 1. The van der Waals surface area contributed by atoms with Crippen LogP contribution in [0.15, 0.2) is 41.4 Å². The second-order valence-electron chi connectivity index (χ2n) is 5.42. The van der Waals surface area contributed by atoms with Crippen molar-refractivity contribution in [3.8, 4) is 0 Å². The van der Waals surface area contributed by atoms with Crippen LogP contribution in [0.4, 0.5) is 0 Å². The Bertz CT molecular complexity index is 873. The highest BCUT2D eigenvalue weighted by Gasteiger charge is 2.21. The Morgan fingerprint density at radius 1 is 1.33 bits per heavy atom. The minimum atomic E-state index is -1.08. The SMILES string of the molecule is O=C(Cc1c[nH]c2cc(Br)ccc12)N[C@@H](Cc1cnc[nH]1)C(=O)O. The van der Waals surface area contributed by atoms with E-state index in [0.717, 1.165) is 20.9 Å². The fraction of sp³-hybridized carbons (Fsp3) is 0.188. The predicted octanol–water partition coefficient (Wildman–Crippen LogP) is 2.01. The minimum absolute atomic E-state index is 0.106. The van der Waals surface area contributed by atoms with E-state index in [1.54, 1.807) is 12.4 Å². The molecule has 3 rings (SSSR count). The van der Waals surface area contributed by atoms with E-state index in [1.807, 2.05) is 18.2 Å². The molecule has 0 bridgehead atoms. The standard InChI is InChI=1S/C16H15BrN4O3/c17-10-1-2-12-9(6-19-13(12)4-10)3-15(22)21-14(16(23)24)5-11-7-18-8-20-11/h1-2,4,6-8,14,19H,3,5H2,(H,18,20)(H,21,22)(H,23,24)/t14-/m0/s1. The van der Waals surface area contributed by atoms with E-state index in [1.165, 1.54) is 6.33 Å². The Morgan fingerprint density at radius 2 is 2.17 bits per heavy atom. The van der Waals surface area contributed by atoms with Crippen LogP contribution in [0, 0.1) is 0 Å². The number of nitrogens with one attached hydrogen (secondary N) is 3. The van der Waals surface area contributed by atoms with Crippen molar-refractivity contribution >= 4 is 38.7 Å². The third kappa shape index (κ3) is 3.65. The van der Waals surface area contributed by atoms with Gasteiger partial charge in [0.25, 0.3) is 0 Å². The number of imidazole rings is 1. The number of halogens is 1. The third-order valence-electron chi connectivity index (χ3n) is 3.69. The van der Waals surface area contributed by atoms with Crippen molar-refractivity contribution in [3.05, 3.63) is 52.7 Å². The fourth-order valence-electron chi connectivity index (χ4n) is 2.54. The van der Waals surface area contributed by atoms with E-state index in [-0.39, 0.29) is 18.7 Å². The van der Waals surface area contributed by atoms with Crippen LogP contribution >= 0.6 is 15.9 Å². The van der Waals surface area contributed by atoms with Crippen molar-refractivity contribution in [1.29, 1.82) is 0 Å². The molecule has 0 aliphatic carbocycles. The van der Waals surface area contributed by atoms with Crippen molar-refractivity contribution in [2.45, 2.75) is 18.9 Å². The first-order valence-corrected chi connectivity index (χ1v) is 8.07. The number of carbonyl (C=O) groups is 2. The topological polar surface area (TPSA) is 111 Å². The Kier molecular flexibility index (Phi) is 4.66. The highest BCUT2D eigenvalue weighted by molar-refractivity contribution is 9.10. The summed E-state index contributed by atoms with van der Waals surface area (Å²) in [6, 6.07) is 4.74. The van der Waals surface area contributed by atoms with Crippen molar-refractivity contribution in [2.24, 2.45) is 0 Å². The lowest BCUT2D eigenvalue weighted by Crippen LogP contribution is -2.43. The Hall–Kier alpha value is -2.61. The van der Waals surface area contributed by atoms with Gasteiger partial charge in [-0.15, -0.1) is 0 Å². The Balaban J connectivity index is 1.69. The van der Waals surface area contributed by atoms with Crippen molar-refractivity contribution in [1.82, 2.24) is 20.3 Å². The zero-order valence-electron chi connectivity index (χ0n) is 12.5. The number of hydrogen-bond donors (Lipinski definition) is 4. The number of nitrogens with zero attached hydrogens (tertiary/aromatic N) is 1. The van der Waals surface area contributed by atoms with E-state index in [2.05, 4.69) is 36.2 Å². The summed E-state index contributed by atoms with van der Waals surface area (Å²) in [7, 11) is 0. The van der Waals surface area contributed by atoms with Gasteiger partial charge in [-0.3, -0.25) is 4.79 Å². The van der Waals surface area contributed by atoms with E-state index in [0.29, 0.717) is 5.69 Å². The van der Waals surface area contributed by atoms with Gasteiger partial charge in [-0.2, -0.15) is 0 Å². The number of benzene rings is 1. The molecule has 7 nitrogen and oxygen atoms in total. The van der Waals surface area contributed by atoms with E-state index in [9.17, 15) is 14.7 Å². The lowest BCUT2D eigenvalue weighted by atomic mass is 10.1. The van der Waals surface area contributed by atoms with Crippen LogP contribution in [-0.2, 0) is 22.4 Å². The van der Waals surface area contributed by atoms with Crippen LogP contribution in [-0.4, -0.2) is 38.0 Å². The molecule has 1 atom stereocenters. The lowest BCUT2D eigenvalue weighted by Gasteiger charge is -2.13. The Labute approximate surface area is 145 Å². The predicted molar refractivity (Wildman–Crippen MR) is 91.6 cm³/mol. The summed E-state index contributed by atoms with van der Waals surface area (Å²) >= 11 is 3.40. The zero-order chi connectivity index (χ0) is 17.1. The Morgan fingerprint density at radius 3 is 2.88 bits per heavy atom. The quantitative estimate of drug-likeness (QED) is 0.515. The molecule has 1 aromatic carbocycles. The third-order valence-corrected chi connectivity index (χ3v) is 4.19. The largest absolute Gasteiger partial charge is 0.480 e. The highest BCUT2D eigenvalue weighted by atomic mass is 79.9. The maximum atomic E-state index is 12.2. The molecule has 0 saturated carbocycles. The summed E-state index contributed by atoms with van der Waals surface area (Å²) < 4.78 is 0.943. The average molecular weight is 391 g/mol. The van der Waals surface area contributed by atoms with Gasteiger partial charge >= 0.3 is 5.97 Å². The van der Waals surface area contributed by atoms with Gasteiger partial charge < -0.3 is 20.4 Å². The maximum Gasteiger partial charge on any atom is 0.326 e. The molecule has 3 aromatic rings. The van der Waals surface area contributed by atoms with E-state index < -0.39 is 12.0 Å². The van der Waals surface area contributed by atoms with Crippen molar-refractivity contribution in [2.75, 3.05) is 0 Å². The summed E-state index contributed by atoms with van der Waals surface area (Å²) in [6.45, 7) is 0. The molecule has 0 aliphatic heterocycles. The summed E-state index contributed by atoms with van der Waals surface area (Å²) in [5.41, 5.74) is 2.39. The number of rotatable bonds is 6. The minimum Gasteiger partial charge on any atom is -0.480 e. The molecule has 0 unspecified atom stereocenters. The number of aliphatic carboxylic acids is 1. The molecule has 0 spiro atoms. The highest BCUT2D eigenvalue weighted by Crippen LogP contribution is 2.22. The number of fused-ring (bicyclic) bond motifs is 1. The van der Waals surface area contributed by atoms with Crippen LogP contribution in [0.5, 0.6) is 0 Å². The number of carboxylic acids is 1. The maximum absolute atomic E-state index is 12.2. The number of aromatic nitrogens is 3. The van der Waals surface area contributed by atoms with Crippen LogP contribution < -0.4 is 5.32 Å². The van der Waals surface area contributed by atoms with Gasteiger partial charge in [0.2, 0.25) is 5.91 Å². The number of carbonyl (C=O) groups excluding carboxylic acids is 1. The number of aromatic amines is 2. The van der Waals surface area contributed by atoms with Gasteiger partial charge in [-0.25, -0.2) is 9.78 Å². The second-order valence-corrected chi connectivity index (χ2v) is 6.34. The van der Waals surface area contributed by atoms with Crippen LogP contribution in [0.25, 0.3) is 10.9 Å². The molecule has 24 heavy (non-hydrogen) atoms. The molecule has 2 heterocycles. The normalized spacial score (nSPS) is 12.2. The molecule has 0 saturated heterocycles. The smallest absolute Gasteiger partial charge is 0.326 e. The monoisotopic (exact) mass is 390 g/mol. The molecular weight excluding hydrogens is 376 g/mol. The molecule has 124 valence electrons. The number of H-pyrrole nitrogens is 2. The van der Waals surface area contributed by atoms with Crippen LogP contribution in [0.3, 0.4) is 0 Å². The lowest BCUT2D eigenvalue weighted by molar-refractivity contribution is -0.141. The van der Waals surface area contributed by atoms with E-state index in [4.69, 9.17) is 0 Å². The second kappa shape index (κ2) is 6.88. The molecule has 0 radical (unpaired) electrons. The first-order valence-electron chi connectivity index (χ1n) is 7.28. The molecule has 0 aliphatic rings. The molecule has 8 heteroatoms. The average Bonchev–Trinajstić information content (AvgIpc) is 3.16. The van der Waals surface area contributed by atoms with E-state index >= 15 is 0 Å². The summed E-state index contributed by atoms with van der Waals surface area (Å²) in [5, 5.41) is 12.8. The zero-order valence-corrected chi connectivity index (χ0v) is 14.1. The van der Waals surface area contributed by atoms with Gasteiger partial charge in [0.05, 0.1) is 12.7 Å². The van der Waals surface area contributed by atoms with Gasteiger partial charge in [-0.1, -0.05) is 22.0 Å². The summed E-state index contributed by atoms with van der Waals surface area (Å²) in [5.74, 6) is -1.42. The van der Waals surface area contributed by atoms with Gasteiger partial charge in [0, 0.05) is 39.9 Å². The molecule has 0 fully saturated rings. The van der Waals surface area contributed by atoms with Crippen molar-refractivity contribution in [3.63, 3.8) is 0 Å². The van der Waals surface area contributed by atoms with Crippen LogP contribution in [0.1, 0.15) is 11.3 Å². The number of carboxylic acid groups (broad SMARTS) is 1.